The molecule has 0 bridgehead atoms. The summed E-state index contributed by atoms with van der Waals surface area (Å²) in [5.74, 6) is -0.363. The molecule has 0 aliphatic carbocycles. The highest BCUT2D eigenvalue weighted by molar-refractivity contribution is 7.12. The lowest BCUT2D eigenvalue weighted by atomic mass is 10.2. The molecular weight excluding hydrogens is 286 g/mol. The highest BCUT2D eigenvalue weighted by Gasteiger charge is 2.11. The summed E-state index contributed by atoms with van der Waals surface area (Å²) < 4.78 is 0. The highest BCUT2D eigenvalue weighted by atomic mass is 32.1. The first-order valence-electron chi connectivity index (χ1n) is 6.55. The van der Waals surface area contributed by atoms with Crippen LogP contribution in [0.3, 0.4) is 0 Å². The fraction of sp³-hybridized carbons (Fsp3) is 0.200. The van der Waals surface area contributed by atoms with Crippen LogP contribution in [0.25, 0.3) is 0 Å². The van der Waals surface area contributed by atoms with Crippen LogP contribution in [-0.2, 0) is 4.79 Å². The summed E-state index contributed by atoms with van der Waals surface area (Å²) >= 11 is 1.37. The van der Waals surface area contributed by atoms with Gasteiger partial charge in [-0.2, -0.15) is 0 Å². The van der Waals surface area contributed by atoms with Crippen molar-refractivity contribution in [2.45, 2.75) is 13.3 Å². The standard InChI is InChI=1S/C15H17N3O2S/c1-10-4-5-11(12(9-10)17-14(19)6-7-16)18-15(20)13-3-2-8-21-13/h2-5,8-9H,6-7,16H2,1H3,(H,17,19)(H,18,20). The molecule has 0 aliphatic heterocycles. The first-order chi connectivity index (χ1) is 10.1. The lowest BCUT2D eigenvalue weighted by molar-refractivity contribution is -0.116. The van der Waals surface area contributed by atoms with Crippen molar-refractivity contribution in [1.29, 1.82) is 0 Å². The van der Waals surface area contributed by atoms with Gasteiger partial charge in [-0.1, -0.05) is 12.1 Å². The van der Waals surface area contributed by atoms with E-state index in [9.17, 15) is 9.59 Å². The Morgan fingerprint density at radius 2 is 2.00 bits per heavy atom. The van der Waals surface area contributed by atoms with Crippen LogP contribution < -0.4 is 16.4 Å². The molecule has 0 fully saturated rings. The Hall–Kier alpha value is -2.18. The predicted octanol–water partition coefficient (Wildman–Crippen LogP) is 2.60. The van der Waals surface area contributed by atoms with E-state index in [0.717, 1.165) is 5.56 Å². The minimum Gasteiger partial charge on any atom is -0.330 e. The average molecular weight is 303 g/mol. The summed E-state index contributed by atoms with van der Waals surface area (Å²) in [6, 6.07) is 9.04. The molecule has 1 aromatic carbocycles. The summed E-state index contributed by atoms with van der Waals surface area (Å²) in [4.78, 5) is 24.4. The Morgan fingerprint density at radius 1 is 1.19 bits per heavy atom. The number of anilines is 2. The topological polar surface area (TPSA) is 84.2 Å². The maximum atomic E-state index is 12.1. The van der Waals surface area contributed by atoms with Crippen LogP contribution in [-0.4, -0.2) is 18.4 Å². The first kappa shape index (κ1) is 15.2. The summed E-state index contributed by atoms with van der Waals surface area (Å²) in [6.07, 6.45) is 0.242. The number of hydrogen-bond acceptors (Lipinski definition) is 4. The van der Waals surface area contributed by atoms with Crippen molar-refractivity contribution in [3.05, 3.63) is 46.2 Å². The van der Waals surface area contributed by atoms with Gasteiger partial charge in [0.1, 0.15) is 0 Å². The largest absolute Gasteiger partial charge is 0.330 e. The van der Waals surface area contributed by atoms with Crippen LogP contribution in [0.4, 0.5) is 11.4 Å². The average Bonchev–Trinajstić information content (AvgIpc) is 2.96. The molecule has 0 saturated carbocycles. The first-order valence-corrected chi connectivity index (χ1v) is 7.43. The molecule has 1 aromatic heterocycles. The molecule has 2 rings (SSSR count). The maximum absolute atomic E-state index is 12.1. The maximum Gasteiger partial charge on any atom is 0.265 e. The number of amides is 2. The molecule has 0 radical (unpaired) electrons. The molecule has 0 saturated heterocycles. The van der Waals surface area contributed by atoms with E-state index in [4.69, 9.17) is 5.73 Å². The van der Waals surface area contributed by atoms with Crippen molar-refractivity contribution in [3.8, 4) is 0 Å². The lowest BCUT2D eigenvalue weighted by Crippen LogP contribution is -2.18. The number of benzene rings is 1. The molecule has 6 heteroatoms. The van der Waals surface area contributed by atoms with E-state index in [1.54, 1.807) is 12.1 Å². The molecule has 110 valence electrons. The molecule has 21 heavy (non-hydrogen) atoms. The Morgan fingerprint density at radius 3 is 2.67 bits per heavy atom. The predicted molar refractivity (Wildman–Crippen MR) is 85.8 cm³/mol. The van der Waals surface area contributed by atoms with Crippen LogP contribution in [0.5, 0.6) is 0 Å². The smallest absolute Gasteiger partial charge is 0.265 e. The van der Waals surface area contributed by atoms with Gasteiger partial charge in [-0.15, -0.1) is 11.3 Å². The molecule has 0 aliphatic rings. The van der Waals surface area contributed by atoms with Crippen molar-refractivity contribution in [2.75, 3.05) is 17.2 Å². The second-order valence-corrected chi connectivity index (χ2v) is 5.52. The SMILES string of the molecule is Cc1ccc(NC(=O)c2cccs2)c(NC(=O)CCN)c1. The number of aryl methyl sites for hydroxylation is 1. The number of nitrogens with two attached hydrogens (primary N) is 1. The van der Waals surface area contributed by atoms with E-state index >= 15 is 0 Å². The van der Waals surface area contributed by atoms with E-state index in [1.165, 1.54) is 11.3 Å². The van der Waals surface area contributed by atoms with Crippen LogP contribution in [0.2, 0.25) is 0 Å². The number of carbonyl (C=O) groups is 2. The number of carbonyl (C=O) groups excluding carboxylic acids is 2. The molecule has 0 unspecified atom stereocenters. The van der Waals surface area contributed by atoms with Crippen molar-refractivity contribution in [1.82, 2.24) is 0 Å². The van der Waals surface area contributed by atoms with Gasteiger partial charge in [0.25, 0.3) is 5.91 Å². The molecule has 4 N–H and O–H groups in total. The third kappa shape index (κ3) is 4.14. The molecular formula is C15H17N3O2S. The van der Waals surface area contributed by atoms with Gasteiger partial charge in [0, 0.05) is 13.0 Å². The zero-order chi connectivity index (χ0) is 15.2. The minimum atomic E-state index is -0.192. The van der Waals surface area contributed by atoms with E-state index in [-0.39, 0.29) is 24.8 Å². The summed E-state index contributed by atoms with van der Waals surface area (Å²) in [5.41, 5.74) is 7.51. The zero-order valence-corrected chi connectivity index (χ0v) is 12.5. The third-order valence-corrected chi connectivity index (χ3v) is 3.68. The Labute approximate surface area is 127 Å². The molecule has 0 spiro atoms. The second-order valence-electron chi connectivity index (χ2n) is 4.57. The molecule has 2 aromatic rings. The van der Waals surface area contributed by atoms with Gasteiger partial charge >= 0.3 is 0 Å². The number of thiophene rings is 1. The van der Waals surface area contributed by atoms with Gasteiger partial charge in [-0.05, 0) is 36.1 Å². The van der Waals surface area contributed by atoms with Gasteiger partial charge < -0.3 is 16.4 Å². The van der Waals surface area contributed by atoms with Crippen molar-refractivity contribution >= 4 is 34.5 Å². The summed E-state index contributed by atoms with van der Waals surface area (Å²) in [5, 5.41) is 7.43. The molecule has 2 amide bonds. The van der Waals surface area contributed by atoms with E-state index in [0.29, 0.717) is 16.3 Å². The molecule has 0 atom stereocenters. The van der Waals surface area contributed by atoms with Crippen LogP contribution in [0, 0.1) is 6.92 Å². The second kappa shape index (κ2) is 7.01. The fourth-order valence-corrected chi connectivity index (χ4v) is 2.42. The molecule has 1 heterocycles. The summed E-state index contributed by atoms with van der Waals surface area (Å²) in [7, 11) is 0. The molecule has 5 nitrogen and oxygen atoms in total. The van der Waals surface area contributed by atoms with Gasteiger partial charge in [-0.25, -0.2) is 0 Å². The van der Waals surface area contributed by atoms with Crippen LogP contribution in [0.1, 0.15) is 21.7 Å². The highest BCUT2D eigenvalue weighted by Crippen LogP contribution is 2.24. The van der Waals surface area contributed by atoms with E-state index in [1.807, 2.05) is 30.5 Å². The van der Waals surface area contributed by atoms with E-state index < -0.39 is 0 Å². The van der Waals surface area contributed by atoms with Crippen LogP contribution in [0.15, 0.2) is 35.7 Å². The van der Waals surface area contributed by atoms with Crippen molar-refractivity contribution < 1.29 is 9.59 Å². The van der Waals surface area contributed by atoms with Crippen LogP contribution >= 0.6 is 11.3 Å². The minimum absolute atomic E-state index is 0.172. The number of rotatable bonds is 5. The van der Waals surface area contributed by atoms with Crippen molar-refractivity contribution in [2.24, 2.45) is 5.73 Å². The number of hydrogen-bond donors (Lipinski definition) is 3. The lowest BCUT2D eigenvalue weighted by Gasteiger charge is -2.12. The van der Waals surface area contributed by atoms with Gasteiger partial charge in [0.2, 0.25) is 5.91 Å². The van der Waals surface area contributed by atoms with Gasteiger partial charge in [0.05, 0.1) is 16.3 Å². The normalized spacial score (nSPS) is 10.2. The van der Waals surface area contributed by atoms with Crippen molar-refractivity contribution in [3.63, 3.8) is 0 Å². The quantitative estimate of drug-likeness (QED) is 0.793. The summed E-state index contributed by atoms with van der Waals surface area (Å²) in [6.45, 7) is 2.21. The Balaban J connectivity index is 2.18. The van der Waals surface area contributed by atoms with Gasteiger partial charge in [0.15, 0.2) is 0 Å². The Bertz CT molecular complexity index is 638. The zero-order valence-electron chi connectivity index (χ0n) is 11.7. The van der Waals surface area contributed by atoms with E-state index in [2.05, 4.69) is 10.6 Å². The number of nitrogens with one attached hydrogen (secondary N) is 2. The van der Waals surface area contributed by atoms with Gasteiger partial charge in [-0.3, -0.25) is 9.59 Å². The Kier molecular flexibility index (Phi) is 5.08. The monoisotopic (exact) mass is 303 g/mol. The fourth-order valence-electron chi connectivity index (χ4n) is 1.81. The third-order valence-electron chi connectivity index (χ3n) is 2.81.